The van der Waals surface area contributed by atoms with Gasteiger partial charge in [-0.3, -0.25) is 4.72 Å². The Kier molecular flexibility index (Phi) is 4.78. The lowest BCUT2D eigenvalue weighted by Gasteiger charge is -2.09. The molecule has 0 heterocycles. The van der Waals surface area contributed by atoms with Gasteiger partial charge in [-0.25, -0.2) is 8.42 Å². The Balaban J connectivity index is 2.23. The summed E-state index contributed by atoms with van der Waals surface area (Å²) in [7, 11) is -3.75. The number of benzene rings is 2. The van der Waals surface area contributed by atoms with E-state index in [1.54, 1.807) is 13.0 Å². The van der Waals surface area contributed by atoms with Gasteiger partial charge in [0.15, 0.2) is 0 Å². The van der Waals surface area contributed by atoms with Crippen molar-refractivity contribution in [1.82, 2.24) is 0 Å². The molecule has 0 atom stereocenters. The summed E-state index contributed by atoms with van der Waals surface area (Å²) in [5.74, 6) is -0.142. The largest absolute Gasteiger partial charge is 0.505 e. The van der Waals surface area contributed by atoms with Crippen LogP contribution in [0.4, 0.5) is 5.69 Å². The van der Waals surface area contributed by atoms with Gasteiger partial charge < -0.3 is 5.11 Å². The van der Waals surface area contributed by atoms with E-state index in [2.05, 4.69) is 4.72 Å². The normalized spacial score (nSPS) is 11.8. The summed E-state index contributed by atoms with van der Waals surface area (Å²) in [5, 5.41) is 11.3. The molecule has 0 spiro atoms. The molecule has 0 radical (unpaired) electrons. The molecule has 0 amide bonds. The van der Waals surface area contributed by atoms with E-state index in [1.165, 1.54) is 12.1 Å². The molecule has 116 valence electrons. The first-order valence-corrected chi connectivity index (χ1v) is 8.46. The molecule has 0 aromatic heterocycles. The summed E-state index contributed by atoms with van der Waals surface area (Å²) in [6, 6.07) is 10.3. The maximum absolute atomic E-state index is 12.1. The third-order valence-corrected chi connectivity index (χ3v) is 4.25. The smallest absolute Gasteiger partial charge is 0.255 e. The zero-order chi connectivity index (χ0) is 16.3. The number of aryl methyl sites for hydroxylation is 2. The van der Waals surface area contributed by atoms with Gasteiger partial charge >= 0.3 is 0 Å². The molecule has 4 nitrogen and oxygen atoms in total. The van der Waals surface area contributed by atoms with Crippen LogP contribution < -0.4 is 4.72 Å². The fourth-order valence-electron chi connectivity index (χ4n) is 1.85. The minimum absolute atomic E-state index is 0.0542. The zero-order valence-corrected chi connectivity index (χ0v) is 13.7. The molecule has 2 aromatic rings. The molecule has 0 saturated heterocycles. The first kappa shape index (κ1) is 16.4. The van der Waals surface area contributed by atoms with Gasteiger partial charge in [0, 0.05) is 5.02 Å². The molecule has 2 aromatic carbocycles. The highest BCUT2D eigenvalue weighted by Gasteiger charge is 2.12. The number of sulfonamides is 1. The van der Waals surface area contributed by atoms with Gasteiger partial charge in [-0.1, -0.05) is 41.4 Å². The summed E-state index contributed by atoms with van der Waals surface area (Å²) in [4.78, 5) is 0. The molecule has 0 aliphatic heterocycles. The van der Waals surface area contributed by atoms with E-state index in [0.717, 1.165) is 16.5 Å². The fourth-order valence-corrected chi connectivity index (χ4v) is 2.99. The molecule has 0 saturated carbocycles. The van der Waals surface area contributed by atoms with E-state index in [1.807, 2.05) is 31.2 Å². The van der Waals surface area contributed by atoms with Crippen LogP contribution in [0.25, 0.3) is 6.08 Å². The number of aromatic hydroxyl groups is 1. The number of hydrogen-bond donors (Lipinski definition) is 2. The molecular weight excluding hydrogens is 322 g/mol. The van der Waals surface area contributed by atoms with Crippen molar-refractivity contribution < 1.29 is 13.5 Å². The van der Waals surface area contributed by atoms with Gasteiger partial charge in [-0.15, -0.1) is 0 Å². The first-order chi connectivity index (χ1) is 10.3. The minimum Gasteiger partial charge on any atom is -0.505 e. The van der Waals surface area contributed by atoms with Crippen molar-refractivity contribution in [2.24, 2.45) is 0 Å². The van der Waals surface area contributed by atoms with E-state index < -0.39 is 10.0 Å². The second kappa shape index (κ2) is 6.42. The molecule has 0 fully saturated rings. The highest BCUT2D eigenvalue weighted by atomic mass is 35.5. The van der Waals surface area contributed by atoms with Crippen LogP contribution in [0.1, 0.15) is 16.7 Å². The van der Waals surface area contributed by atoms with Crippen LogP contribution in [0.5, 0.6) is 5.75 Å². The highest BCUT2D eigenvalue weighted by molar-refractivity contribution is 7.95. The predicted molar refractivity (Wildman–Crippen MR) is 90.6 cm³/mol. The molecule has 0 aliphatic rings. The van der Waals surface area contributed by atoms with Gasteiger partial charge in [0.1, 0.15) is 5.75 Å². The Morgan fingerprint density at radius 2 is 1.77 bits per heavy atom. The molecular formula is C16H16ClNO3S. The number of anilines is 1. The number of nitrogens with one attached hydrogen (secondary N) is 1. The van der Waals surface area contributed by atoms with Crippen molar-refractivity contribution in [3.8, 4) is 5.75 Å². The molecule has 6 heteroatoms. The summed E-state index contributed by atoms with van der Waals surface area (Å²) in [6.07, 6.45) is 1.48. The Bertz CT molecular complexity index is 812. The van der Waals surface area contributed by atoms with Crippen molar-refractivity contribution in [2.45, 2.75) is 13.8 Å². The molecule has 22 heavy (non-hydrogen) atoms. The van der Waals surface area contributed by atoms with Gasteiger partial charge in [0.25, 0.3) is 10.0 Å². The lowest BCUT2D eigenvalue weighted by Crippen LogP contribution is -2.09. The van der Waals surface area contributed by atoms with Crippen molar-refractivity contribution in [2.75, 3.05) is 4.72 Å². The van der Waals surface area contributed by atoms with E-state index in [-0.39, 0.29) is 11.4 Å². The second-order valence-electron chi connectivity index (χ2n) is 4.98. The average Bonchev–Trinajstić information content (AvgIpc) is 2.43. The Morgan fingerprint density at radius 3 is 2.41 bits per heavy atom. The minimum atomic E-state index is -3.75. The lowest BCUT2D eigenvalue weighted by molar-refractivity contribution is 0.473. The van der Waals surface area contributed by atoms with Crippen LogP contribution in [0.15, 0.2) is 41.8 Å². The Hall–Kier alpha value is -1.98. The number of phenolic OH excluding ortho intramolecular Hbond substituents is 1. The fraction of sp³-hybridized carbons (Fsp3) is 0.125. The number of rotatable bonds is 4. The number of halogens is 1. The molecule has 0 aliphatic carbocycles. The van der Waals surface area contributed by atoms with Crippen LogP contribution in [-0.2, 0) is 10.0 Å². The van der Waals surface area contributed by atoms with Gasteiger partial charge in [-0.05, 0) is 43.2 Å². The van der Waals surface area contributed by atoms with E-state index >= 15 is 0 Å². The van der Waals surface area contributed by atoms with Gasteiger partial charge in [-0.2, -0.15) is 0 Å². The van der Waals surface area contributed by atoms with Crippen molar-refractivity contribution in [3.05, 3.63) is 63.5 Å². The van der Waals surface area contributed by atoms with Crippen LogP contribution in [0.2, 0.25) is 5.02 Å². The summed E-state index contributed by atoms with van der Waals surface area (Å²) >= 11 is 5.87. The average molecular weight is 338 g/mol. The summed E-state index contributed by atoms with van der Waals surface area (Å²) in [5.41, 5.74) is 2.41. The van der Waals surface area contributed by atoms with Crippen molar-refractivity contribution in [1.29, 1.82) is 0 Å². The topological polar surface area (TPSA) is 66.4 Å². The third kappa shape index (κ3) is 4.26. The molecule has 2 N–H and O–H groups in total. The maximum Gasteiger partial charge on any atom is 0.255 e. The molecule has 0 bridgehead atoms. The second-order valence-corrected chi connectivity index (χ2v) is 6.98. The van der Waals surface area contributed by atoms with Crippen LogP contribution in [0, 0.1) is 13.8 Å². The quantitative estimate of drug-likeness (QED) is 0.826. The predicted octanol–water partition coefficient (Wildman–Crippen LogP) is 4.08. The SMILES string of the molecule is Cc1ccc(/C=C\S(=O)(=O)Nc2cc(Cl)cc(C)c2O)cc1. The number of phenols is 1. The summed E-state index contributed by atoms with van der Waals surface area (Å²) < 4.78 is 26.4. The monoisotopic (exact) mass is 337 g/mol. The summed E-state index contributed by atoms with van der Waals surface area (Å²) in [6.45, 7) is 3.59. The third-order valence-electron chi connectivity index (χ3n) is 3.03. The van der Waals surface area contributed by atoms with Crippen molar-refractivity contribution in [3.63, 3.8) is 0 Å². The Labute approximate surface area is 135 Å². The maximum atomic E-state index is 12.1. The van der Waals surface area contributed by atoms with E-state index in [0.29, 0.717) is 10.6 Å². The van der Waals surface area contributed by atoms with E-state index in [9.17, 15) is 13.5 Å². The van der Waals surface area contributed by atoms with Gasteiger partial charge in [0.05, 0.1) is 11.1 Å². The Morgan fingerprint density at radius 1 is 1.14 bits per heavy atom. The molecule has 2 rings (SSSR count). The van der Waals surface area contributed by atoms with Crippen LogP contribution in [0.3, 0.4) is 0 Å². The van der Waals surface area contributed by atoms with E-state index in [4.69, 9.17) is 11.6 Å². The lowest BCUT2D eigenvalue weighted by atomic mass is 10.2. The zero-order valence-electron chi connectivity index (χ0n) is 12.2. The van der Waals surface area contributed by atoms with Gasteiger partial charge in [0.2, 0.25) is 0 Å². The number of hydrogen-bond acceptors (Lipinski definition) is 3. The standard InChI is InChI=1S/C16H16ClNO3S/c1-11-3-5-13(6-4-11)7-8-22(20,21)18-15-10-14(17)9-12(2)16(15)19/h3-10,18-19H,1-2H3/b8-7-. The highest BCUT2D eigenvalue weighted by Crippen LogP contribution is 2.31. The van der Waals surface area contributed by atoms with Crippen LogP contribution in [-0.4, -0.2) is 13.5 Å². The molecule has 0 unspecified atom stereocenters. The van der Waals surface area contributed by atoms with Crippen LogP contribution >= 0.6 is 11.6 Å². The van der Waals surface area contributed by atoms with Crippen molar-refractivity contribution >= 4 is 33.4 Å². The first-order valence-electron chi connectivity index (χ1n) is 6.53.